The zero-order chi connectivity index (χ0) is 14.3. The first-order valence-corrected chi connectivity index (χ1v) is 6.35. The summed E-state index contributed by atoms with van der Waals surface area (Å²) in [7, 11) is 0. The molecule has 1 aromatic rings. The van der Waals surface area contributed by atoms with Gasteiger partial charge in [0.15, 0.2) is 0 Å². The van der Waals surface area contributed by atoms with Gasteiger partial charge in [0.05, 0.1) is 5.92 Å². The SMILES string of the molecule is CCc1ccccc1CNC(=O)NCC(C)C(=O)O. The predicted molar refractivity (Wildman–Crippen MR) is 72.9 cm³/mol. The van der Waals surface area contributed by atoms with Crippen LogP contribution in [0.25, 0.3) is 0 Å². The quantitative estimate of drug-likeness (QED) is 0.732. The average molecular weight is 264 g/mol. The molecule has 0 radical (unpaired) electrons. The number of carboxylic acids is 1. The standard InChI is InChI=1S/C14H20N2O3/c1-3-11-6-4-5-7-12(11)9-16-14(19)15-8-10(2)13(17)18/h4-7,10H,3,8-9H2,1-2H3,(H,17,18)(H2,15,16,19). The molecule has 0 aliphatic carbocycles. The maximum absolute atomic E-state index is 11.5. The molecule has 1 unspecified atom stereocenters. The molecule has 0 spiro atoms. The van der Waals surface area contributed by atoms with Crippen molar-refractivity contribution in [3.63, 3.8) is 0 Å². The first-order valence-electron chi connectivity index (χ1n) is 6.35. The van der Waals surface area contributed by atoms with Crippen LogP contribution in [0.4, 0.5) is 4.79 Å². The number of urea groups is 1. The van der Waals surface area contributed by atoms with Crippen molar-refractivity contribution in [3.8, 4) is 0 Å². The maximum Gasteiger partial charge on any atom is 0.315 e. The number of benzene rings is 1. The van der Waals surface area contributed by atoms with E-state index in [1.807, 2.05) is 24.3 Å². The fourth-order valence-electron chi connectivity index (χ4n) is 1.65. The highest BCUT2D eigenvalue weighted by Gasteiger charge is 2.11. The van der Waals surface area contributed by atoms with Crippen LogP contribution in [0, 0.1) is 5.92 Å². The largest absolute Gasteiger partial charge is 0.481 e. The lowest BCUT2D eigenvalue weighted by Gasteiger charge is -2.11. The normalized spacial score (nSPS) is 11.7. The number of hydrogen-bond donors (Lipinski definition) is 3. The van der Waals surface area contributed by atoms with Crippen molar-refractivity contribution < 1.29 is 14.7 Å². The van der Waals surface area contributed by atoms with Gasteiger partial charge in [0, 0.05) is 13.1 Å². The van der Waals surface area contributed by atoms with E-state index in [0.717, 1.165) is 12.0 Å². The van der Waals surface area contributed by atoms with E-state index >= 15 is 0 Å². The lowest BCUT2D eigenvalue weighted by Crippen LogP contribution is -2.39. The fraction of sp³-hybridized carbons (Fsp3) is 0.429. The van der Waals surface area contributed by atoms with E-state index in [1.165, 1.54) is 5.56 Å². The number of rotatable bonds is 6. The molecule has 5 heteroatoms. The first-order chi connectivity index (χ1) is 9.04. The number of carbonyl (C=O) groups is 2. The number of carboxylic acid groups (broad SMARTS) is 1. The zero-order valence-electron chi connectivity index (χ0n) is 11.3. The molecule has 1 aromatic carbocycles. The molecule has 19 heavy (non-hydrogen) atoms. The van der Waals surface area contributed by atoms with Crippen LogP contribution < -0.4 is 10.6 Å². The van der Waals surface area contributed by atoms with Crippen LogP contribution in [-0.2, 0) is 17.8 Å². The number of amides is 2. The maximum atomic E-state index is 11.5. The number of nitrogens with one attached hydrogen (secondary N) is 2. The smallest absolute Gasteiger partial charge is 0.315 e. The molecule has 2 amide bonds. The molecule has 0 saturated heterocycles. The molecule has 104 valence electrons. The Balaban J connectivity index is 2.40. The van der Waals surface area contributed by atoms with E-state index in [4.69, 9.17) is 5.11 Å². The summed E-state index contributed by atoms with van der Waals surface area (Å²) in [5.74, 6) is -1.51. The van der Waals surface area contributed by atoms with Gasteiger partial charge in [-0.15, -0.1) is 0 Å². The van der Waals surface area contributed by atoms with E-state index < -0.39 is 11.9 Å². The summed E-state index contributed by atoms with van der Waals surface area (Å²) in [4.78, 5) is 22.1. The third-order valence-electron chi connectivity index (χ3n) is 2.93. The molecule has 1 atom stereocenters. The summed E-state index contributed by atoms with van der Waals surface area (Å²) in [5.41, 5.74) is 2.27. The Labute approximate surface area is 113 Å². The Hall–Kier alpha value is -2.04. The van der Waals surface area contributed by atoms with Gasteiger partial charge in [-0.3, -0.25) is 4.79 Å². The van der Waals surface area contributed by atoms with E-state index in [-0.39, 0.29) is 12.6 Å². The molecule has 0 bridgehead atoms. The third-order valence-corrected chi connectivity index (χ3v) is 2.93. The molecular formula is C14H20N2O3. The Bertz CT molecular complexity index is 446. The number of hydrogen-bond acceptors (Lipinski definition) is 2. The Kier molecular flexibility index (Phi) is 5.85. The lowest BCUT2D eigenvalue weighted by atomic mass is 10.1. The molecule has 0 heterocycles. The average Bonchev–Trinajstić information content (AvgIpc) is 2.42. The number of aliphatic carboxylic acids is 1. The summed E-state index contributed by atoms with van der Waals surface area (Å²) < 4.78 is 0. The Morgan fingerprint density at radius 1 is 1.21 bits per heavy atom. The summed E-state index contributed by atoms with van der Waals surface area (Å²) in [6.45, 7) is 4.18. The molecule has 1 rings (SSSR count). The molecule has 0 aliphatic rings. The second kappa shape index (κ2) is 7.41. The van der Waals surface area contributed by atoms with Gasteiger partial charge < -0.3 is 15.7 Å². The van der Waals surface area contributed by atoms with Crippen molar-refractivity contribution >= 4 is 12.0 Å². The highest BCUT2D eigenvalue weighted by molar-refractivity contribution is 5.75. The second-order valence-electron chi connectivity index (χ2n) is 4.43. The van der Waals surface area contributed by atoms with Crippen LogP contribution in [0.2, 0.25) is 0 Å². The summed E-state index contributed by atoms with van der Waals surface area (Å²) in [6.07, 6.45) is 0.912. The highest BCUT2D eigenvalue weighted by Crippen LogP contribution is 2.08. The Morgan fingerprint density at radius 3 is 2.42 bits per heavy atom. The van der Waals surface area contributed by atoms with E-state index in [1.54, 1.807) is 6.92 Å². The minimum Gasteiger partial charge on any atom is -0.481 e. The van der Waals surface area contributed by atoms with E-state index in [0.29, 0.717) is 6.54 Å². The minimum atomic E-state index is -0.920. The topological polar surface area (TPSA) is 78.4 Å². The van der Waals surface area contributed by atoms with Gasteiger partial charge in [0.25, 0.3) is 0 Å². The number of aryl methyl sites for hydroxylation is 1. The summed E-state index contributed by atoms with van der Waals surface area (Å²) in [5, 5.41) is 14.0. The van der Waals surface area contributed by atoms with Gasteiger partial charge in [0.1, 0.15) is 0 Å². The molecule has 0 aromatic heterocycles. The Morgan fingerprint density at radius 2 is 1.84 bits per heavy atom. The van der Waals surface area contributed by atoms with Crippen LogP contribution in [0.15, 0.2) is 24.3 Å². The van der Waals surface area contributed by atoms with Crippen LogP contribution in [-0.4, -0.2) is 23.7 Å². The van der Waals surface area contributed by atoms with Crippen molar-refractivity contribution in [1.82, 2.24) is 10.6 Å². The van der Waals surface area contributed by atoms with Crippen molar-refractivity contribution in [2.45, 2.75) is 26.8 Å². The van der Waals surface area contributed by atoms with Crippen molar-refractivity contribution in [2.75, 3.05) is 6.54 Å². The van der Waals surface area contributed by atoms with Gasteiger partial charge in [-0.2, -0.15) is 0 Å². The van der Waals surface area contributed by atoms with Crippen LogP contribution in [0.1, 0.15) is 25.0 Å². The van der Waals surface area contributed by atoms with Gasteiger partial charge in [0.2, 0.25) is 0 Å². The fourth-order valence-corrected chi connectivity index (χ4v) is 1.65. The van der Waals surface area contributed by atoms with Gasteiger partial charge in [-0.25, -0.2) is 4.79 Å². The molecule has 3 N–H and O–H groups in total. The van der Waals surface area contributed by atoms with Gasteiger partial charge >= 0.3 is 12.0 Å². The van der Waals surface area contributed by atoms with E-state index in [2.05, 4.69) is 17.6 Å². The summed E-state index contributed by atoms with van der Waals surface area (Å²) in [6, 6.07) is 7.55. The van der Waals surface area contributed by atoms with Crippen LogP contribution in [0.3, 0.4) is 0 Å². The molecule has 0 aliphatic heterocycles. The van der Waals surface area contributed by atoms with Gasteiger partial charge in [-0.1, -0.05) is 38.1 Å². The second-order valence-corrected chi connectivity index (χ2v) is 4.43. The zero-order valence-corrected chi connectivity index (χ0v) is 11.3. The molecule has 0 saturated carbocycles. The van der Waals surface area contributed by atoms with Crippen molar-refractivity contribution in [1.29, 1.82) is 0 Å². The minimum absolute atomic E-state index is 0.122. The monoisotopic (exact) mass is 264 g/mol. The molecular weight excluding hydrogens is 244 g/mol. The molecule has 5 nitrogen and oxygen atoms in total. The van der Waals surface area contributed by atoms with Crippen LogP contribution >= 0.6 is 0 Å². The number of carbonyl (C=O) groups excluding carboxylic acids is 1. The third kappa shape index (κ3) is 4.99. The lowest BCUT2D eigenvalue weighted by molar-refractivity contribution is -0.140. The van der Waals surface area contributed by atoms with Gasteiger partial charge in [-0.05, 0) is 17.5 Å². The van der Waals surface area contributed by atoms with E-state index in [9.17, 15) is 9.59 Å². The van der Waals surface area contributed by atoms with Crippen molar-refractivity contribution in [2.24, 2.45) is 5.92 Å². The highest BCUT2D eigenvalue weighted by atomic mass is 16.4. The molecule has 0 fully saturated rings. The predicted octanol–water partition coefficient (Wildman–Crippen LogP) is 1.77. The first kappa shape index (κ1) is 15.0. The van der Waals surface area contributed by atoms with Crippen molar-refractivity contribution in [3.05, 3.63) is 35.4 Å². The van der Waals surface area contributed by atoms with Crippen LogP contribution in [0.5, 0.6) is 0 Å². The summed E-state index contributed by atoms with van der Waals surface area (Å²) >= 11 is 0.